The van der Waals surface area contributed by atoms with Crippen LogP contribution in [0.2, 0.25) is 5.02 Å². The highest BCUT2D eigenvalue weighted by atomic mass is 35.5. The number of nitrogens with one attached hydrogen (secondary N) is 2. The number of carbonyl (C=O) groups is 1. The molecule has 4 aromatic rings. The molecule has 0 aliphatic heterocycles. The van der Waals surface area contributed by atoms with Crippen LogP contribution >= 0.6 is 11.6 Å². The van der Waals surface area contributed by atoms with E-state index in [0.29, 0.717) is 34.4 Å². The van der Waals surface area contributed by atoms with E-state index in [1.165, 1.54) is 12.1 Å². The summed E-state index contributed by atoms with van der Waals surface area (Å²) >= 11 is 6.12. The Labute approximate surface area is 170 Å². The second-order valence-electron chi connectivity index (χ2n) is 6.54. The summed E-state index contributed by atoms with van der Waals surface area (Å²) in [4.78, 5) is 12.6. The highest BCUT2D eigenvalue weighted by molar-refractivity contribution is 6.31. The Hall–Kier alpha value is -3.39. The molecule has 1 aromatic carbocycles. The number of aryl methyl sites for hydroxylation is 1. The first-order valence-corrected chi connectivity index (χ1v) is 9.18. The first-order chi connectivity index (χ1) is 13.9. The quantitative estimate of drug-likeness (QED) is 0.501. The van der Waals surface area contributed by atoms with Crippen LogP contribution in [0.1, 0.15) is 27.4 Å². The number of rotatable bonds is 5. The van der Waals surface area contributed by atoms with Crippen LogP contribution in [-0.4, -0.2) is 25.9 Å². The minimum Gasteiger partial charge on any atom is -0.463 e. The van der Waals surface area contributed by atoms with E-state index in [-0.39, 0.29) is 11.6 Å². The van der Waals surface area contributed by atoms with Crippen molar-refractivity contribution in [3.05, 3.63) is 76.1 Å². The molecule has 3 aromatic heterocycles. The molecule has 0 aliphatic carbocycles. The van der Waals surface area contributed by atoms with E-state index in [1.807, 2.05) is 6.92 Å². The summed E-state index contributed by atoms with van der Waals surface area (Å²) in [5.74, 6) is -0.175. The third-order valence-electron chi connectivity index (χ3n) is 4.55. The molecule has 3 heterocycles. The second-order valence-corrected chi connectivity index (χ2v) is 6.94. The van der Waals surface area contributed by atoms with Gasteiger partial charge >= 0.3 is 0 Å². The molecule has 29 heavy (non-hydrogen) atoms. The highest BCUT2D eigenvalue weighted by Crippen LogP contribution is 2.24. The van der Waals surface area contributed by atoms with E-state index in [9.17, 15) is 9.18 Å². The fraction of sp³-hybridized carbons (Fsp3) is 0.150. The lowest BCUT2D eigenvalue weighted by atomic mass is 10.2. The van der Waals surface area contributed by atoms with Crippen LogP contribution in [0.4, 0.5) is 10.1 Å². The maximum absolute atomic E-state index is 13.3. The maximum atomic E-state index is 13.3. The summed E-state index contributed by atoms with van der Waals surface area (Å²) in [5, 5.41) is 14.5. The van der Waals surface area contributed by atoms with Crippen LogP contribution in [0.15, 0.2) is 47.1 Å². The molecule has 0 unspecified atom stereocenters. The van der Waals surface area contributed by atoms with Gasteiger partial charge in [-0.2, -0.15) is 10.2 Å². The Bertz CT molecular complexity index is 1180. The van der Waals surface area contributed by atoms with Crippen molar-refractivity contribution in [3.63, 3.8) is 0 Å². The number of carbonyl (C=O) groups excluding carboxylic acids is 1. The van der Waals surface area contributed by atoms with Crippen LogP contribution in [0.3, 0.4) is 0 Å². The average Bonchev–Trinajstić information content (AvgIpc) is 3.41. The lowest BCUT2D eigenvalue weighted by molar-refractivity contribution is 0.102. The molecule has 1 amide bonds. The molecule has 0 radical (unpaired) electrons. The molecule has 0 saturated heterocycles. The molecule has 9 heteroatoms. The third-order valence-corrected chi connectivity index (χ3v) is 4.90. The summed E-state index contributed by atoms with van der Waals surface area (Å²) in [6, 6.07) is 9.37. The number of anilines is 1. The van der Waals surface area contributed by atoms with Crippen LogP contribution in [-0.2, 0) is 6.54 Å². The number of furan rings is 1. The predicted octanol–water partition coefficient (Wildman–Crippen LogP) is 4.58. The smallest absolute Gasteiger partial charge is 0.276 e. The van der Waals surface area contributed by atoms with Crippen molar-refractivity contribution in [2.45, 2.75) is 20.4 Å². The molecular weight excluding hydrogens is 397 g/mol. The van der Waals surface area contributed by atoms with E-state index in [4.69, 9.17) is 16.0 Å². The van der Waals surface area contributed by atoms with Gasteiger partial charge in [-0.25, -0.2) is 4.39 Å². The van der Waals surface area contributed by atoms with Crippen molar-refractivity contribution in [1.29, 1.82) is 0 Å². The fourth-order valence-electron chi connectivity index (χ4n) is 3.02. The van der Waals surface area contributed by atoms with Gasteiger partial charge in [0.15, 0.2) is 11.5 Å². The largest absolute Gasteiger partial charge is 0.463 e. The first-order valence-electron chi connectivity index (χ1n) is 8.81. The topological polar surface area (TPSA) is 88.7 Å². The number of aromatic nitrogens is 4. The predicted molar refractivity (Wildman–Crippen MR) is 106 cm³/mol. The van der Waals surface area contributed by atoms with Gasteiger partial charge < -0.3 is 9.73 Å². The van der Waals surface area contributed by atoms with Crippen molar-refractivity contribution in [2.75, 3.05) is 5.32 Å². The van der Waals surface area contributed by atoms with Crippen molar-refractivity contribution in [3.8, 4) is 11.5 Å². The SMILES string of the molecule is Cc1nn(Cc2ccc(F)cc2Cl)c(C)c1NC(=O)c1cc(-c2ccco2)[nH]n1. The van der Waals surface area contributed by atoms with Gasteiger partial charge in [0.05, 0.1) is 29.9 Å². The van der Waals surface area contributed by atoms with Gasteiger partial charge in [-0.3, -0.25) is 14.6 Å². The number of amides is 1. The molecule has 0 saturated carbocycles. The fourth-order valence-corrected chi connectivity index (χ4v) is 3.24. The highest BCUT2D eigenvalue weighted by Gasteiger charge is 2.18. The van der Waals surface area contributed by atoms with Crippen LogP contribution in [0.25, 0.3) is 11.5 Å². The first kappa shape index (κ1) is 18.9. The standard InChI is InChI=1S/C20H17ClFN5O2/c1-11-19(12(2)27(26-11)10-13-5-6-14(22)8-15(13)21)23-20(28)17-9-16(24-25-17)18-4-3-7-29-18/h3-9H,10H2,1-2H3,(H,23,28)(H,24,25). The molecule has 0 atom stereocenters. The number of H-pyrrole nitrogens is 1. The zero-order valence-electron chi connectivity index (χ0n) is 15.7. The number of aromatic amines is 1. The zero-order valence-corrected chi connectivity index (χ0v) is 16.4. The van der Waals surface area contributed by atoms with Gasteiger partial charge in [-0.15, -0.1) is 0 Å². The van der Waals surface area contributed by atoms with Crippen LogP contribution in [0.5, 0.6) is 0 Å². The van der Waals surface area contributed by atoms with Gasteiger partial charge in [-0.1, -0.05) is 17.7 Å². The number of hydrogen-bond donors (Lipinski definition) is 2. The minimum atomic E-state index is -0.395. The summed E-state index contributed by atoms with van der Waals surface area (Å²) in [6.07, 6.45) is 1.55. The Morgan fingerprint density at radius 2 is 2.14 bits per heavy atom. The van der Waals surface area contributed by atoms with Gasteiger partial charge in [0.25, 0.3) is 5.91 Å². The summed E-state index contributed by atoms with van der Waals surface area (Å²) in [7, 11) is 0. The number of nitrogens with zero attached hydrogens (tertiary/aromatic N) is 3. The van der Waals surface area contributed by atoms with Crippen molar-refractivity contribution < 1.29 is 13.6 Å². The normalized spacial score (nSPS) is 11.0. The van der Waals surface area contributed by atoms with Crippen LogP contribution in [0, 0.1) is 19.7 Å². The lowest BCUT2D eigenvalue weighted by Gasteiger charge is -2.08. The van der Waals surface area contributed by atoms with Crippen molar-refractivity contribution in [2.24, 2.45) is 0 Å². The zero-order chi connectivity index (χ0) is 20.5. The Morgan fingerprint density at radius 3 is 2.86 bits per heavy atom. The van der Waals surface area contributed by atoms with Gasteiger partial charge in [-0.05, 0) is 43.7 Å². The molecule has 2 N–H and O–H groups in total. The molecule has 148 valence electrons. The summed E-state index contributed by atoms with van der Waals surface area (Å²) in [6.45, 7) is 3.99. The van der Waals surface area contributed by atoms with E-state index in [0.717, 1.165) is 11.3 Å². The van der Waals surface area contributed by atoms with Crippen LogP contribution < -0.4 is 5.32 Å². The number of hydrogen-bond acceptors (Lipinski definition) is 4. The third kappa shape index (κ3) is 3.79. The van der Waals surface area contributed by atoms with Gasteiger partial charge in [0.1, 0.15) is 11.5 Å². The minimum absolute atomic E-state index is 0.226. The van der Waals surface area contributed by atoms with E-state index in [2.05, 4.69) is 20.6 Å². The van der Waals surface area contributed by atoms with E-state index < -0.39 is 5.82 Å². The van der Waals surface area contributed by atoms with Crippen molar-refractivity contribution >= 4 is 23.2 Å². The van der Waals surface area contributed by atoms with E-state index >= 15 is 0 Å². The molecule has 0 bridgehead atoms. The number of benzene rings is 1. The summed E-state index contributed by atoms with van der Waals surface area (Å²) < 4.78 is 20.3. The van der Waals surface area contributed by atoms with Gasteiger partial charge in [0.2, 0.25) is 0 Å². The van der Waals surface area contributed by atoms with Crippen molar-refractivity contribution in [1.82, 2.24) is 20.0 Å². The molecule has 7 nitrogen and oxygen atoms in total. The molecule has 0 fully saturated rings. The van der Waals surface area contributed by atoms with E-state index in [1.54, 1.807) is 42.1 Å². The Morgan fingerprint density at radius 1 is 1.31 bits per heavy atom. The monoisotopic (exact) mass is 413 g/mol. The summed E-state index contributed by atoms with van der Waals surface area (Å²) in [5.41, 5.74) is 3.55. The molecular formula is C20H17ClFN5O2. The number of halogens is 2. The maximum Gasteiger partial charge on any atom is 0.276 e. The Kier molecular flexibility index (Phi) is 4.94. The molecule has 0 spiro atoms. The average molecular weight is 414 g/mol. The Balaban J connectivity index is 1.54. The van der Waals surface area contributed by atoms with Gasteiger partial charge in [0, 0.05) is 11.1 Å². The molecule has 0 aliphatic rings. The second kappa shape index (κ2) is 7.56. The molecule has 4 rings (SSSR count). The lowest BCUT2D eigenvalue weighted by Crippen LogP contribution is -2.14.